The Morgan fingerprint density at radius 2 is 1.66 bits per heavy atom. The summed E-state index contributed by atoms with van der Waals surface area (Å²) in [6.45, 7) is 2.48. The number of nitrogens with one attached hydrogen (secondary N) is 1. The van der Waals surface area contributed by atoms with Crippen LogP contribution >= 0.6 is 0 Å². The van der Waals surface area contributed by atoms with Crippen molar-refractivity contribution in [2.24, 2.45) is 5.92 Å². The van der Waals surface area contributed by atoms with Crippen LogP contribution in [0.2, 0.25) is 0 Å². The summed E-state index contributed by atoms with van der Waals surface area (Å²) >= 11 is 0. The van der Waals surface area contributed by atoms with Crippen LogP contribution in [0.5, 0.6) is 0 Å². The summed E-state index contributed by atoms with van der Waals surface area (Å²) in [5.74, 6) is 0.584. The summed E-state index contributed by atoms with van der Waals surface area (Å²) < 4.78 is 75.9. The van der Waals surface area contributed by atoms with E-state index in [4.69, 9.17) is 0 Å². The number of hydrogen-bond acceptors (Lipinski definition) is 4. The lowest BCUT2D eigenvalue weighted by atomic mass is 9.96. The number of aromatic nitrogens is 2. The second-order valence-electron chi connectivity index (χ2n) is 7.10. The summed E-state index contributed by atoms with van der Waals surface area (Å²) in [7, 11) is 0. The maximum atomic E-state index is 12.8. The number of alkyl halides is 6. The number of nitrogens with zero attached hydrogens (tertiary/aromatic N) is 3. The zero-order valence-electron chi connectivity index (χ0n) is 15.4. The van der Waals surface area contributed by atoms with Crippen molar-refractivity contribution in [1.29, 1.82) is 0 Å². The van der Waals surface area contributed by atoms with Gasteiger partial charge >= 0.3 is 12.4 Å². The van der Waals surface area contributed by atoms with Crippen molar-refractivity contribution in [2.45, 2.75) is 31.7 Å². The molecule has 1 fully saturated rings. The minimum atomic E-state index is -4.52. The number of benzene rings is 1. The monoisotopic (exact) mass is 418 g/mol. The molecule has 1 N–H and O–H groups in total. The van der Waals surface area contributed by atoms with E-state index in [1.54, 1.807) is 6.07 Å². The summed E-state index contributed by atoms with van der Waals surface area (Å²) in [6, 6.07) is 7.47. The zero-order valence-corrected chi connectivity index (χ0v) is 15.4. The molecule has 0 bridgehead atoms. The zero-order chi connectivity index (χ0) is 21.1. The second-order valence-corrected chi connectivity index (χ2v) is 7.10. The third-order valence-electron chi connectivity index (χ3n) is 4.89. The standard InChI is InChI=1S/C19H20F6N4/c20-18(21,22)15-3-1-2-14(10-15)12-29-8-6-13(7-9-29)11-26-17-5-4-16(27-28-17)19(23,24)25/h1-5,10,13H,6-9,11-12H2,(H,26,28). The Bertz CT molecular complexity index is 796. The average Bonchev–Trinajstić information content (AvgIpc) is 2.67. The van der Waals surface area contributed by atoms with Gasteiger partial charge in [-0.05, 0) is 55.6 Å². The van der Waals surface area contributed by atoms with Gasteiger partial charge in [0.05, 0.1) is 5.56 Å². The maximum Gasteiger partial charge on any atom is 0.435 e. The quantitative estimate of drug-likeness (QED) is 0.706. The fourth-order valence-corrected chi connectivity index (χ4v) is 3.28. The van der Waals surface area contributed by atoms with Crippen molar-refractivity contribution in [1.82, 2.24) is 15.1 Å². The first-order valence-electron chi connectivity index (χ1n) is 9.14. The topological polar surface area (TPSA) is 41.0 Å². The van der Waals surface area contributed by atoms with Crippen molar-refractivity contribution < 1.29 is 26.3 Å². The van der Waals surface area contributed by atoms with Crippen LogP contribution in [0.15, 0.2) is 36.4 Å². The number of rotatable bonds is 5. The second kappa shape index (κ2) is 8.56. The van der Waals surface area contributed by atoms with Crippen LogP contribution in [-0.2, 0) is 18.9 Å². The molecule has 1 saturated heterocycles. The van der Waals surface area contributed by atoms with Crippen molar-refractivity contribution in [3.8, 4) is 0 Å². The van der Waals surface area contributed by atoms with Crippen molar-refractivity contribution in [2.75, 3.05) is 25.0 Å². The molecule has 29 heavy (non-hydrogen) atoms. The third kappa shape index (κ3) is 6.06. The fourth-order valence-electron chi connectivity index (χ4n) is 3.28. The number of likely N-dealkylation sites (tertiary alicyclic amines) is 1. The minimum absolute atomic E-state index is 0.282. The molecule has 2 heterocycles. The molecule has 1 aliphatic rings. The largest absolute Gasteiger partial charge is 0.435 e. The Labute approximate surface area is 163 Å². The van der Waals surface area contributed by atoms with Crippen LogP contribution in [0.3, 0.4) is 0 Å². The number of hydrogen-bond donors (Lipinski definition) is 1. The Hall–Kier alpha value is -2.36. The van der Waals surface area contributed by atoms with Gasteiger partial charge in [0.15, 0.2) is 5.69 Å². The molecule has 158 valence electrons. The molecule has 0 spiro atoms. The highest BCUT2D eigenvalue weighted by atomic mass is 19.4. The smallest absolute Gasteiger partial charge is 0.368 e. The van der Waals surface area contributed by atoms with E-state index in [-0.39, 0.29) is 5.82 Å². The molecule has 0 radical (unpaired) electrons. The molecule has 3 rings (SSSR count). The summed E-state index contributed by atoms with van der Waals surface area (Å²) in [5.41, 5.74) is -1.06. The normalized spacial score (nSPS) is 16.8. The minimum Gasteiger partial charge on any atom is -0.368 e. The van der Waals surface area contributed by atoms with E-state index in [1.165, 1.54) is 18.2 Å². The molecular formula is C19H20F6N4. The Kier molecular flexibility index (Phi) is 6.30. The van der Waals surface area contributed by atoms with Gasteiger partial charge in [0.25, 0.3) is 0 Å². The first-order chi connectivity index (χ1) is 13.6. The molecule has 4 nitrogen and oxygen atoms in total. The molecule has 2 aromatic rings. The Morgan fingerprint density at radius 3 is 2.24 bits per heavy atom. The maximum absolute atomic E-state index is 12.8. The van der Waals surface area contributed by atoms with Crippen molar-refractivity contribution in [3.05, 3.63) is 53.2 Å². The van der Waals surface area contributed by atoms with Gasteiger partial charge in [-0.2, -0.15) is 26.3 Å². The summed E-state index contributed by atoms with van der Waals surface area (Å²) in [6.07, 6.45) is -7.20. The van der Waals surface area contributed by atoms with Gasteiger partial charge in [-0.15, -0.1) is 10.2 Å². The van der Waals surface area contributed by atoms with Crippen LogP contribution in [0.1, 0.15) is 29.7 Å². The lowest BCUT2D eigenvalue weighted by molar-refractivity contribution is -0.141. The lowest BCUT2D eigenvalue weighted by Crippen LogP contribution is -2.35. The molecule has 0 unspecified atom stereocenters. The number of anilines is 1. The molecule has 0 amide bonds. The molecule has 1 aliphatic heterocycles. The van der Waals surface area contributed by atoms with Crippen LogP contribution in [0, 0.1) is 5.92 Å². The van der Waals surface area contributed by atoms with E-state index in [2.05, 4.69) is 20.4 Å². The van der Waals surface area contributed by atoms with Gasteiger partial charge in [-0.1, -0.05) is 18.2 Å². The molecule has 0 aliphatic carbocycles. The van der Waals surface area contributed by atoms with Gasteiger partial charge in [-0.25, -0.2) is 0 Å². The SMILES string of the molecule is FC(F)(F)c1cccc(CN2CCC(CNc3ccc(C(F)(F)F)nn3)CC2)c1. The van der Waals surface area contributed by atoms with Crippen molar-refractivity contribution >= 4 is 5.82 Å². The molecular weight excluding hydrogens is 398 g/mol. The third-order valence-corrected chi connectivity index (χ3v) is 4.89. The van der Waals surface area contributed by atoms with Crippen molar-refractivity contribution in [3.63, 3.8) is 0 Å². The lowest BCUT2D eigenvalue weighted by Gasteiger charge is -2.32. The van der Waals surface area contributed by atoms with E-state index >= 15 is 0 Å². The van der Waals surface area contributed by atoms with E-state index in [9.17, 15) is 26.3 Å². The predicted octanol–water partition coefficient (Wildman–Crippen LogP) is 4.84. The number of halogens is 6. The highest BCUT2D eigenvalue weighted by molar-refractivity contribution is 5.33. The molecule has 1 aromatic heterocycles. The molecule has 1 aromatic carbocycles. The first kappa shape index (κ1) is 21.4. The van der Waals surface area contributed by atoms with E-state index in [0.717, 1.165) is 38.1 Å². The summed E-state index contributed by atoms with van der Waals surface area (Å²) in [5, 5.41) is 9.71. The molecule has 0 atom stereocenters. The fraction of sp³-hybridized carbons (Fsp3) is 0.474. The van der Waals surface area contributed by atoms with E-state index in [1.807, 2.05) is 0 Å². The van der Waals surface area contributed by atoms with Gasteiger partial charge in [0.2, 0.25) is 0 Å². The van der Waals surface area contributed by atoms with Gasteiger partial charge in [-0.3, -0.25) is 4.90 Å². The summed E-state index contributed by atoms with van der Waals surface area (Å²) in [4.78, 5) is 2.10. The number of piperidine rings is 1. The van der Waals surface area contributed by atoms with Gasteiger partial charge < -0.3 is 5.32 Å². The molecule has 0 saturated carbocycles. The highest BCUT2D eigenvalue weighted by Gasteiger charge is 2.33. The van der Waals surface area contributed by atoms with Crippen LogP contribution in [0.4, 0.5) is 32.2 Å². The molecule has 10 heteroatoms. The van der Waals surface area contributed by atoms with Gasteiger partial charge in [0.1, 0.15) is 5.82 Å². The van der Waals surface area contributed by atoms with Crippen LogP contribution in [0.25, 0.3) is 0 Å². The van der Waals surface area contributed by atoms with E-state index in [0.29, 0.717) is 24.6 Å². The van der Waals surface area contributed by atoms with Crippen LogP contribution in [-0.4, -0.2) is 34.7 Å². The Morgan fingerprint density at radius 1 is 0.931 bits per heavy atom. The Balaban J connectivity index is 1.45. The van der Waals surface area contributed by atoms with Crippen LogP contribution < -0.4 is 5.32 Å². The van der Waals surface area contributed by atoms with Gasteiger partial charge in [0, 0.05) is 13.1 Å². The average molecular weight is 418 g/mol. The first-order valence-corrected chi connectivity index (χ1v) is 9.14. The highest BCUT2D eigenvalue weighted by Crippen LogP contribution is 2.30. The predicted molar refractivity (Wildman–Crippen MR) is 95.0 cm³/mol. The van der Waals surface area contributed by atoms with E-state index < -0.39 is 23.6 Å².